The van der Waals surface area contributed by atoms with Crippen molar-refractivity contribution in [1.82, 2.24) is 10.6 Å². The molecule has 1 saturated heterocycles. The largest absolute Gasteiger partial charge is 0.332 e. The minimum atomic E-state index is -0.430. The lowest BCUT2D eigenvalue weighted by Crippen LogP contribution is -2.55. The normalized spacial score (nSPS) is 19.4. The molecule has 0 spiro atoms. The van der Waals surface area contributed by atoms with Crippen LogP contribution in [0.25, 0.3) is 0 Å². The van der Waals surface area contributed by atoms with E-state index in [1.807, 2.05) is 0 Å². The van der Waals surface area contributed by atoms with Crippen LogP contribution in [0.2, 0.25) is 0 Å². The Hall–Kier alpha value is -2.45. The third-order valence-electron chi connectivity index (χ3n) is 3.98. The van der Waals surface area contributed by atoms with E-state index in [2.05, 4.69) is 16.0 Å². The lowest BCUT2D eigenvalue weighted by Gasteiger charge is -2.31. The van der Waals surface area contributed by atoms with Crippen molar-refractivity contribution >= 4 is 29.3 Å². The third-order valence-corrected chi connectivity index (χ3v) is 5.07. The van der Waals surface area contributed by atoms with Crippen molar-refractivity contribution in [2.75, 3.05) is 5.32 Å². The molecule has 0 saturated carbocycles. The third kappa shape index (κ3) is 6.04. The topological polar surface area (TPSA) is 70.2 Å². The molecule has 8 heteroatoms. The van der Waals surface area contributed by atoms with E-state index in [9.17, 15) is 18.4 Å². The average Bonchev–Trinajstić information content (AvgIpc) is 2.60. The van der Waals surface area contributed by atoms with E-state index >= 15 is 0 Å². The van der Waals surface area contributed by atoms with E-state index in [0.29, 0.717) is 11.4 Å². The summed E-state index contributed by atoms with van der Waals surface area (Å²) in [4.78, 5) is 24.1. The molecule has 27 heavy (non-hydrogen) atoms. The van der Waals surface area contributed by atoms with Gasteiger partial charge in [-0.1, -0.05) is 18.2 Å². The van der Waals surface area contributed by atoms with Gasteiger partial charge < -0.3 is 10.6 Å². The lowest BCUT2D eigenvalue weighted by atomic mass is 10.1. The number of thioether (sulfide) groups is 1. The van der Waals surface area contributed by atoms with E-state index in [1.54, 1.807) is 18.2 Å². The summed E-state index contributed by atoms with van der Waals surface area (Å²) in [6.45, 7) is 0. The first kappa shape index (κ1) is 19.3. The summed E-state index contributed by atoms with van der Waals surface area (Å²) in [6, 6.07) is 11.5. The van der Waals surface area contributed by atoms with Crippen molar-refractivity contribution in [1.29, 1.82) is 0 Å². The number of benzene rings is 2. The first-order chi connectivity index (χ1) is 13.0. The molecular formula is C19H19F2N3O2S. The van der Waals surface area contributed by atoms with Gasteiger partial charge in [-0.2, -0.15) is 0 Å². The highest BCUT2D eigenvalue weighted by Gasteiger charge is 2.27. The molecule has 1 fully saturated rings. The SMILES string of the molecule is O=C(CC1CC(=O)NC(SCc2ccc(F)cc2)N1)Nc1cccc(F)c1. The fourth-order valence-corrected chi connectivity index (χ4v) is 3.78. The maximum Gasteiger partial charge on any atom is 0.225 e. The number of amides is 2. The molecule has 1 aliphatic heterocycles. The van der Waals surface area contributed by atoms with E-state index in [4.69, 9.17) is 0 Å². The standard InChI is InChI=1S/C19H19F2N3O2S/c20-13-6-4-12(5-7-13)11-27-19-23-16(10-18(26)24-19)9-17(25)22-15-3-1-2-14(21)8-15/h1-8,16,19,23H,9-11H2,(H,22,25)(H,24,26). The Labute approximate surface area is 159 Å². The molecule has 2 amide bonds. The monoisotopic (exact) mass is 391 g/mol. The second kappa shape index (κ2) is 8.96. The zero-order valence-corrected chi connectivity index (χ0v) is 15.2. The van der Waals surface area contributed by atoms with Crippen LogP contribution in [0.3, 0.4) is 0 Å². The predicted octanol–water partition coefficient (Wildman–Crippen LogP) is 2.99. The average molecular weight is 391 g/mol. The molecule has 2 atom stereocenters. The molecule has 1 heterocycles. The Morgan fingerprint density at radius 1 is 1.15 bits per heavy atom. The molecule has 0 aromatic heterocycles. The summed E-state index contributed by atoms with van der Waals surface area (Å²) in [5, 5.41) is 8.66. The van der Waals surface area contributed by atoms with Gasteiger partial charge in [-0.25, -0.2) is 8.78 Å². The maximum atomic E-state index is 13.2. The molecule has 2 unspecified atom stereocenters. The molecular weight excluding hydrogens is 372 g/mol. The van der Waals surface area contributed by atoms with Crippen LogP contribution in [0.5, 0.6) is 0 Å². The van der Waals surface area contributed by atoms with Gasteiger partial charge in [-0.3, -0.25) is 14.9 Å². The number of halogens is 2. The van der Waals surface area contributed by atoms with E-state index in [1.165, 1.54) is 42.1 Å². The number of nitrogens with one attached hydrogen (secondary N) is 3. The zero-order chi connectivity index (χ0) is 19.2. The van der Waals surface area contributed by atoms with Gasteiger partial charge in [-0.05, 0) is 35.9 Å². The number of rotatable bonds is 6. The Kier molecular flexibility index (Phi) is 6.41. The number of carbonyl (C=O) groups is 2. The molecule has 2 aromatic rings. The van der Waals surface area contributed by atoms with Gasteiger partial charge in [0.15, 0.2) is 0 Å². The van der Waals surface area contributed by atoms with Crippen molar-refractivity contribution in [3.63, 3.8) is 0 Å². The van der Waals surface area contributed by atoms with Crippen LogP contribution in [-0.2, 0) is 15.3 Å². The molecule has 2 aromatic carbocycles. The Balaban J connectivity index is 1.51. The Morgan fingerprint density at radius 2 is 1.93 bits per heavy atom. The number of hydrogen-bond acceptors (Lipinski definition) is 4. The van der Waals surface area contributed by atoms with Crippen LogP contribution in [0, 0.1) is 11.6 Å². The molecule has 1 aliphatic rings. The van der Waals surface area contributed by atoms with Gasteiger partial charge in [0.1, 0.15) is 17.1 Å². The van der Waals surface area contributed by atoms with Gasteiger partial charge in [-0.15, -0.1) is 11.8 Å². The molecule has 0 bridgehead atoms. The summed E-state index contributed by atoms with van der Waals surface area (Å²) in [7, 11) is 0. The van der Waals surface area contributed by atoms with Crippen molar-refractivity contribution in [2.24, 2.45) is 0 Å². The number of hydrogen-bond donors (Lipinski definition) is 3. The highest BCUT2D eigenvalue weighted by Crippen LogP contribution is 2.19. The van der Waals surface area contributed by atoms with Crippen molar-refractivity contribution < 1.29 is 18.4 Å². The summed E-state index contributed by atoms with van der Waals surface area (Å²) in [5.41, 5.74) is 0.967. The summed E-state index contributed by atoms with van der Waals surface area (Å²) < 4.78 is 26.1. The summed E-state index contributed by atoms with van der Waals surface area (Å²) in [6.07, 6.45) is 0.279. The molecule has 0 aliphatic carbocycles. The van der Waals surface area contributed by atoms with Crippen LogP contribution in [-0.4, -0.2) is 23.4 Å². The second-order valence-corrected chi connectivity index (χ2v) is 7.31. The first-order valence-electron chi connectivity index (χ1n) is 8.45. The van der Waals surface area contributed by atoms with Crippen LogP contribution in [0.4, 0.5) is 14.5 Å². The molecule has 3 N–H and O–H groups in total. The van der Waals surface area contributed by atoms with E-state index in [0.717, 1.165) is 5.56 Å². The zero-order valence-electron chi connectivity index (χ0n) is 14.4. The van der Waals surface area contributed by atoms with Gasteiger partial charge >= 0.3 is 0 Å². The lowest BCUT2D eigenvalue weighted by molar-refractivity contribution is -0.124. The van der Waals surface area contributed by atoms with E-state index in [-0.39, 0.29) is 42.0 Å². The van der Waals surface area contributed by atoms with E-state index < -0.39 is 5.82 Å². The summed E-state index contributed by atoms with van der Waals surface area (Å²) >= 11 is 1.45. The first-order valence-corrected chi connectivity index (χ1v) is 9.50. The second-order valence-electron chi connectivity index (χ2n) is 6.22. The quantitative estimate of drug-likeness (QED) is 0.708. The van der Waals surface area contributed by atoms with Crippen LogP contribution >= 0.6 is 11.8 Å². The number of carbonyl (C=O) groups excluding carboxylic acids is 2. The summed E-state index contributed by atoms with van der Waals surface area (Å²) in [5.74, 6) is -0.582. The van der Waals surface area contributed by atoms with Crippen LogP contribution in [0.1, 0.15) is 18.4 Å². The van der Waals surface area contributed by atoms with Gasteiger partial charge in [0.25, 0.3) is 0 Å². The fourth-order valence-electron chi connectivity index (χ4n) is 2.73. The minimum Gasteiger partial charge on any atom is -0.332 e. The maximum absolute atomic E-state index is 13.2. The molecule has 3 rings (SSSR count). The number of anilines is 1. The van der Waals surface area contributed by atoms with Crippen molar-refractivity contribution in [2.45, 2.75) is 30.1 Å². The highest BCUT2D eigenvalue weighted by atomic mass is 32.2. The van der Waals surface area contributed by atoms with Crippen molar-refractivity contribution in [3.8, 4) is 0 Å². The predicted molar refractivity (Wildman–Crippen MR) is 101 cm³/mol. The Morgan fingerprint density at radius 3 is 2.67 bits per heavy atom. The van der Waals surface area contributed by atoms with Crippen molar-refractivity contribution in [3.05, 3.63) is 65.7 Å². The van der Waals surface area contributed by atoms with Crippen LogP contribution < -0.4 is 16.0 Å². The van der Waals surface area contributed by atoms with Crippen LogP contribution in [0.15, 0.2) is 48.5 Å². The van der Waals surface area contributed by atoms with Gasteiger partial charge in [0.2, 0.25) is 11.8 Å². The smallest absolute Gasteiger partial charge is 0.225 e. The van der Waals surface area contributed by atoms with Gasteiger partial charge in [0, 0.05) is 30.3 Å². The molecule has 142 valence electrons. The van der Waals surface area contributed by atoms with Gasteiger partial charge in [0.05, 0.1) is 0 Å². The highest BCUT2D eigenvalue weighted by molar-refractivity contribution is 7.99. The molecule has 0 radical (unpaired) electrons. The fraction of sp³-hybridized carbons (Fsp3) is 0.263. The molecule has 5 nitrogen and oxygen atoms in total. The Bertz CT molecular complexity index is 817. The minimum absolute atomic E-state index is 0.0948.